The fourth-order valence-electron chi connectivity index (χ4n) is 1.81. The molecule has 4 heteroatoms. The molecule has 0 unspecified atom stereocenters. The highest BCUT2D eigenvalue weighted by atomic mass is 32.2. The monoisotopic (exact) mass is 260 g/mol. The molecule has 94 valence electrons. The molecule has 0 N–H and O–H groups in total. The third-order valence-electron chi connectivity index (χ3n) is 2.87. The third-order valence-corrected chi connectivity index (χ3v) is 4.38. The van der Waals surface area contributed by atoms with Gasteiger partial charge in [-0.1, -0.05) is 50.7 Å². The molecule has 1 aliphatic heterocycles. The Hall–Kier alpha value is 0.200. The Balaban J connectivity index is 2.32. The molecule has 1 saturated heterocycles. The molecule has 1 aliphatic rings. The number of unbranched alkanes of at least 4 members (excludes halogenated alkanes) is 2. The standard InChI is InChI=1S/C12H24N2S2/c1-3-5-7-13(8-6-4-2)11-14-9-10-16-12(14)15/h3-11H2,1-2H3. The van der Waals surface area contributed by atoms with Crippen molar-refractivity contribution in [1.82, 2.24) is 9.80 Å². The highest BCUT2D eigenvalue weighted by molar-refractivity contribution is 8.23. The molecule has 0 aliphatic carbocycles. The topological polar surface area (TPSA) is 6.48 Å². The molecule has 1 heterocycles. The van der Waals surface area contributed by atoms with Gasteiger partial charge in [0.15, 0.2) is 0 Å². The smallest absolute Gasteiger partial charge is 0.137 e. The lowest BCUT2D eigenvalue weighted by Crippen LogP contribution is -2.39. The van der Waals surface area contributed by atoms with E-state index in [0.717, 1.165) is 17.5 Å². The molecular formula is C12H24N2S2. The van der Waals surface area contributed by atoms with Gasteiger partial charge in [-0.3, -0.25) is 4.90 Å². The first-order valence-corrected chi connectivity index (χ1v) is 7.81. The van der Waals surface area contributed by atoms with Crippen molar-refractivity contribution in [2.45, 2.75) is 39.5 Å². The Kier molecular flexibility index (Phi) is 7.41. The minimum atomic E-state index is 1.05. The Morgan fingerprint density at radius 3 is 2.31 bits per heavy atom. The average Bonchev–Trinajstić information content (AvgIpc) is 2.68. The summed E-state index contributed by atoms with van der Waals surface area (Å²) in [6.45, 7) is 9.15. The van der Waals surface area contributed by atoms with Crippen LogP contribution in [0.1, 0.15) is 39.5 Å². The maximum absolute atomic E-state index is 5.35. The van der Waals surface area contributed by atoms with Crippen LogP contribution in [0.4, 0.5) is 0 Å². The van der Waals surface area contributed by atoms with Gasteiger partial charge in [0.25, 0.3) is 0 Å². The van der Waals surface area contributed by atoms with E-state index in [2.05, 4.69) is 23.6 Å². The predicted molar refractivity (Wildman–Crippen MR) is 78.0 cm³/mol. The zero-order valence-corrected chi connectivity index (χ0v) is 12.2. The Morgan fingerprint density at radius 1 is 1.25 bits per heavy atom. The summed E-state index contributed by atoms with van der Waals surface area (Å²) in [4.78, 5) is 4.91. The van der Waals surface area contributed by atoms with Crippen molar-refractivity contribution in [3.8, 4) is 0 Å². The normalized spacial score (nSPS) is 16.4. The predicted octanol–water partition coefficient (Wildman–Crippen LogP) is 3.18. The molecule has 0 atom stereocenters. The summed E-state index contributed by atoms with van der Waals surface area (Å²) >= 11 is 7.17. The van der Waals surface area contributed by atoms with Gasteiger partial charge in [-0.25, -0.2) is 0 Å². The summed E-state index contributed by atoms with van der Waals surface area (Å²) < 4.78 is 1.10. The largest absolute Gasteiger partial charge is 0.344 e. The van der Waals surface area contributed by atoms with Gasteiger partial charge in [0.1, 0.15) is 4.32 Å². The van der Waals surface area contributed by atoms with Gasteiger partial charge >= 0.3 is 0 Å². The van der Waals surface area contributed by atoms with Crippen molar-refractivity contribution in [3.05, 3.63) is 0 Å². The van der Waals surface area contributed by atoms with Gasteiger partial charge in [-0.05, 0) is 25.9 Å². The number of hydrogen-bond acceptors (Lipinski definition) is 3. The molecule has 1 rings (SSSR count). The lowest BCUT2D eigenvalue weighted by atomic mass is 10.3. The van der Waals surface area contributed by atoms with Crippen LogP contribution in [0.25, 0.3) is 0 Å². The van der Waals surface area contributed by atoms with Gasteiger partial charge in [0.05, 0.1) is 6.67 Å². The summed E-state index contributed by atoms with van der Waals surface area (Å²) in [5.41, 5.74) is 0. The van der Waals surface area contributed by atoms with Crippen molar-refractivity contribution < 1.29 is 0 Å². The zero-order valence-electron chi connectivity index (χ0n) is 10.6. The number of rotatable bonds is 8. The summed E-state index contributed by atoms with van der Waals surface area (Å²) in [6.07, 6.45) is 5.17. The SMILES string of the molecule is CCCCN(CCCC)CN1CCSC1=S. The molecule has 16 heavy (non-hydrogen) atoms. The Morgan fingerprint density at radius 2 is 1.88 bits per heavy atom. The number of hydrogen-bond donors (Lipinski definition) is 0. The molecule has 0 spiro atoms. The molecule has 0 bridgehead atoms. The second-order valence-electron chi connectivity index (χ2n) is 4.34. The van der Waals surface area contributed by atoms with Crippen LogP contribution in [0.2, 0.25) is 0 Å². The van der Waals surface area contributed by atoms with Crippen molar-refractivity contribution in [2.24, 2.45) is 0 Å². The van der Waals surface area contributed by atoms with Gasteiger partial charge in [0.2, 0.25) is 0 Å². The molecule has 0 radical (unpaired) electrons. The van der Waals surface area contributed by atoms with Crippen LogP contribution >= 0.6 is 24.0 Å². The van der Waals surface area contributed by atoms with E-state index in [-0.39, 0.29) is 0 Å². The fourth-order valence-corrected chi connectivity index (χ4v) is 3.03. The van der Waals surface area contributed by atoms with E-state index in [1.54, 1.807) is 0 Å². The molecule has 0 aromatic heterocycles. The molecule has 2 nitrogen and oxygen atoms in total. The van der Waals surface area contributed by atoms with E-state index in [4.69, 9.17) is 12.2 Å². The van der Waals surface area contributed by atoms with Gasteiger partial charge < -0.3 is 4.90 Å². The van der Waals surface area contributed by atoms with Gasteiger partial charge in [0, 0.05) is 12.3 Å². The van der Waals surface area contributed by atoms with Crippen LogP contribution in [0.3, 0.4) is 0 Å². The number of thioether (sulfide) groups is 1. The first-order chi connectivity index (χ1) is 7.77. The average molecular weight is 260 g/mol. The molecule has 0 aromatic rings. The van der Waals surface area contributed by atoms with Crippen LogP contribution in [-0.4, -0.2) is 46.2 Å². The van der Waals surface area contributed by atoms with Crippen molar-refractivity contribution in [1.29, 1.82) is 0 Å². The van der Waals surface area contributed by atoms with Crippen molar-refractivity contribution in [3.63, 3.8) is 0 Å². The number of nitrogens with zero attached hydrogens (tertiary/aromatic N) is 2. The Bertz CT molecular complexity index is 201. The molecule has 0 aromatic carbocycles. The lowest BCUT2D eigenvalue weighted by molar-refractivity contribution is 0.191. The molecule has 0 saturated carbocycles. The quantitative estimate of drug-likeness (QED) is 0.618. The second kappa shape index (κ2) is 8.31. The molecule has 1 fully saturated rings. The Labute approximate surface area is 110 Å². The zero-order chi connectivity index (χ0) is 11.8. The van der Waals surface area contributed by atoms with E-state index < -0.39 is 0 Å². The van der Waals surface area contributed by atoms with E-state index in [9.17, 15) is 0 Å². The van der Waals surface area contributed by atoms with Crippen molar-refractivity contribution >= 4 is 28.3 Å². The third kappa shape index (κ3) is 5.02. The van der Waals surface area contributed by atoms with Gasteiger partial charge in [-0.2, -0.15) is 0 Å². The summed E-state index contributed by atoms with van der Waals surface area (Å²) in [7, 11) is 0. The highest BCUT2D eigenvalue weighted by Crippen LogP contribution is 2.18. The summed E-state index contributed by atoms with van der Waals surface area (Å²) in [5.74, 6) is 1.17. The highest BCUT2D eigenvalue weighted by Gasteiger charge is 2.19. The maximum atomic E-state index is 5.35. The minimum Gasteiger partial charge on any atom is -0.344 e. The van der Waals surface area contributed by atoms with Crippen LogP contribution < -0.4 is 0 Å². The summed E-state index contributed by atoms with van der Waals surface area (Å²) in [5, 5.41) is 0. The first kappa shape index (κ1) is 14.3. The van der Waals surface area contributed by atoms with E-state index in [0.29, 0.717) is 0 Å². The van der Waals surface area contributed by atoms with Gasteiger partial charge in [-0.15, -0.1) is 0 Å². The lowest BCUT2D eigenvalue weighted by Gasteiger charge is -2.28. The maximum Gasteiger partial charge on any atom is 0.137 e. The van der Waals surface area contributed by atoms with Crippen LogP contribution in [-0.2, 0) is 0 Å². The van der Waals surface area contributed by atoms with E-state index in [1.165, 1.54) is 44.5 Å². The van der Waals surface area contributed by atoms with Crippen LogP contribution in [0.5, 0.6) is 0 Å². The van der Waals surface area contributed by atoms with E-state index in [1.807, 2.05) is 11.8 Å². The van der Waals surface area contributed by atoms with Crippen LogP contribution in [0.15, 0.2) is 0 Å². The first-order valence-electron chi connectivity index (χ1n) is 6.42. The van der Waals surface area contributed by atoms with Crippen LogP contribution in [0, 0.1) is 0 Å². The minimum absolute atomic E-state index is 1.05. The van der Waals surface area contributed by atoms with Crippen molar-refractivity contribution in [2.75, 3.05) is 32.1 Å². The molecular weight excluding hydrogens is 236 g/mol. The van der Waals surface area contributed by atoms with E-state index >= 15 is 0 Å². The molecule has 0 amide bonds. The number of thiocarbonyl (C=S) groups is 1. The fraction of sp³-hybridized carbons (Fsp3) is 0.917. The summed E-state index contributed by atoms with van der Waals surface area (Å²) in [6, 6.07) is 0. The second-order valence-corrected chi connectivity index (χ2v) is 6.07.